The summed E-state index contributed by atoms with van der Waals surface area (Å²) in [7, 11) is 0. The number of carbonyl (C=O) groups is 1. The molecular weight excluding hydrogens is 184 g/mol. The minimum atomic E-state index is -2.22. The molecule has 1 unspecified atom stereocenters. The van der Waals surface area contributed by atoms with Gasteiger partial charge in [-0.3, -0.25) is 4.79 Å². The largest absolute Gasteiger partial charge is 0.481 e. The van der Waals surface area contributed by atoms with Gasteiger partial charge in [-0.2, -0.15) is 0 Å². The normalized spacial score (nSPS) is 18.3. The molecule has 7 heteroatoms. The maximum absolute atomic E-state index is 10.0. The first-order valence-electron chi connectivity index (χ1n) is 3.48. The summed E-state index contributed by atoms with van der Waals surface area (Å²) in [6.07, 6.45) is -8.65. The summed E-state index contributed by atoms with van der Waals surface area (Å²) in [6, 6.07) is 0. The Balaban J connectivity index is 4.08. The van der Waals surface area contributed by atoms with Crippen LogP contribution in [-0.4, -0.2) is 61.2 Å². The molecule has 0 spiro atoms. The van der Waals surface area contributed by atoms with Gasteiger partial charge in [0.2, 0.25) is 0 Å². The minimum absolute atomic E-state index is 0.787. The number of carboxylic acids is 1. The molecule has 0 bridgehead atoms. The second-order valence-electron chi connectivity index (χ2n) is 2.56. The highest BCUT2D eigenvalue weighted by Gasteiger charge is 2.30. The van der Waals surface area contributed by atoms with E-state index in [0.717, 1.165) is 0 Å². The van der Waals surface area contributed by atoms with Crippen LogP contribution in [0.3, 0.4) is 0 Å². The summed E-state index contributed by atoms with van der Waals surface area (Å²) in [5, 5.41) is 51.5. The minimum Gasteiger partial charge on any atom is -0.481 e. The van der Waals surface area contributed by atoms with Crippen LogP contribution in [-0.2, 0) is 4.79 Å². The molecule has 6 N–H and O–H groups in total. The van der Waals surface area contributed by atoms with Gasteiger partial charge in [-0.25, -0.2) is 0 Å². The molecular formula is C6H12O7. The first-order valence-corrected chi connectivity index (χ1v) is 3.48. The Hall–Kier alpha value is -0.730. The molecule has 0 aromatic carbocycles. The average molecular weight is 196 g/mol. The fraction of sp³-hybridized carbons (Fsp3) is 0.833. The molecule has 13 heavy (non-hydrogen) atoms. The van der Waals surface area contributed by atoms with Gasteiger partial charge in [-0.15, -0.1) is 0 Å². The summed E-state index contributed by atoms with van der Waals surface area (Å²) in [5.74, 6) is -1.37. The SMILES string of the molecule is O=C(O)C[C@@H](O)C(O)[C@H](O)C(O)O. The fourth-order valence-electron chi connectivity index (χ4n) is 0.704. The van der Waals surface area contributed by atoms with Crippen molar-refractivity contribution in [3.8, 4) is 0 Å². The molecule has 0 heterocycles. The van der Waals surface area contributed by atoms with E-state index in [4.69, 9.17) is 30.6 Å². The highest BCUT2D eigenvalue weighted by Crippen LogP contribution is 2.06. The van der Waals surface area contributed by atoms with Gasteiger partial charge in [0.25, 0.3) is 0 Å². The average Bonchev–Trinajstić information content (AvgIpc) is 2.00. The second kappa shape index (κ2) is 5.10. The predicted octanol–water partition coefficient (Wildman–Crippen LogP) is -3.15. The Morgan fingerprint density at radius 3 is 1.77 bits per heavy atom. The molecule has 78 valence electrons. The van der Waals surface area contributed by atoms with E-state index in [9.17, 15) is 4.79 Å². The summed E-state index contributed by atoms with van der Waals surface area (Å²) < 4.78 is 0. The van der Waals surface area contributed by atoms with E-state index >= 15 is 0 Å². The van der Waals surface area contributed by atoms with Crippen LogP contribution in [0.15, 0.2) is 0 Å². The molecule has 3 atom stereocenters. The van der Waals surface area contributed by atoms with E-state index in [1.54, 1.807) is 0 Å². The topological polar surface area (TPSA) is 138 Å². The maximum atomic E-state index is 10.0. The molecule has 0 amide bonds. The Labute approximate surface area is 73.5 Å². The lowest BCUT2D eigenvalue weighted by Gasteiger charge is -2.22. The third-order valence-corrected chi connectivity index (χ3v) is 1.43. The standard InChI is InChI=1S/C6H12O7/c7-2(1-3(8)9)4(10)5(11)6(12)13/h2,4-7,10-13H,1H2,(H,8,9)/t2-,4?,5+/m1/s1. The van der Waals surface area contributed by atoms with Gasteiger partial charge >= 0.3 is 5.97 Å². The number of hydrogen-bond acceptors (Lipinski definition) is 6. The van der Waals surface area contributed by atoms with E-state index in [2.05, 4.69) is 0 Å². The smallest absolute Gasteiger partial charge is 0.306 e. The van der Waals surface area contributed by atoms with Gasteiger partial charge in [0.15, 0.2) is 6.29 Å². The number of carboxylic acid groups (broad SMARTS) is 1. The lowest BCUT2D eigenvalue weighted by Crippen LogP contribution is -2.45. The second-order valence-corrected chi connectivity index (χ2v) is 2.56. The lowest BCUT2D eigenvalue weighted by molar-refractivity contribution is -0.180. The number of rotatable bonds is 5. The Bertz CT molecular complexity index is 168. The van der Waals surface area contributed by atoms with Crippen LogP contribution in [0.2, 0.25) is 0 Å². The van der Waals surface area contributed by atoms with Crippen molar-refractivity contribution in [1.29, 1.82) is 0 Å². The molecule has 0 rings (SSSR count). The molecule has 0 saturated heterocycles. The molecule has 0 aromatic heterocycles. The molecule has 0 fully saturated rings. The molecule has 0 saturated carbocycles. The maximum Gasteiger partial charge on any atom is 0.306 e. The monoisotopic (exact) mass is 196 g/mol. The van der Waals surface area contributed by atoms with Crippen molar-refractivity contribution < 1.29 is 35.4 Å². The Kier molecular flexibility index (Phi) is 4.81. The van der Waals surface area contributed by atoms with Crippen molar-refractivity contribution in [2.45, 2.75) is 31.0 Å². The summed E-state index contributed by atoms with van der Waals surface area (Å²) in [5.41, 5.74) is 0. The van der Waals surface area contributed by atoms with E-state index < -0.39 is 37.0 Å². The quantitative estimate of drug-likeness (QED) is 0.255. The van der Waals surface area contributed by atoms with Gasteiger partial charge in [0, 0.05) is 0 Å². The van der Waals surface area contributed by atoms with Crippen LogP contribution < -0.4 is 0 Å². The molecule has 0 aliphatic heterocycles. The van der Waals surface area contributed by atoms with Gasteiger partial charge < -0.3 is 30.6 Å². The molecule has 7 nitrogen and oxygen atoms in total. The van der Waals surface area contributed by atoms with Crippen molar-refractivity contribution >= 4 is 5.97 Å². The Morgan fingerprint density at radius 2 is 1.46 bits per heavy atom. The van der Waals surface area contributed by atoms with E-state index in [0.29, 0.717) is 0 Å². The molecule has 0 aliphatic rings. The van der Waals surface area contributed by atoms with Crippen LogP contribution in [0.25, 0.3) is 0 Å². The van der Waals surface area contributed by atoms with Crippen molar-refractivity contribution in [3.05, 3.63) is 0 Å². The van der Waals surface area contributed by atoms with Gasteiger partial charge in [0.05, 0.1) is 12.5 Å². The number of aliphatic hydroxyl groups is 5. The summed E-state index contributed by atoms with van der Waals surface area (Å²) >= 11 is 0. The Morgan fingerprint density at radius 1 is 1.00 bits per heavy atom. The van der Waals surface area contributed by atoms with E-state index in [-0.39, 0.29) is 0 Å². The highest BCUT2D eigenvalue weighted by molar-refractivity contribution is 5.67. The molecule has 0 radical (unpaired) electrons. The predicted molar refractivity (Wildman–Crippen MR) is 38.5 cm³/mol. The van der Waals surface area contributed by atoms with Gasteiger partial charge in [-0.05, 0) is 0 Å². The first kappa shape index (κ1) is 12.3. The molecule has 0 aliphatic carbocycles. The summed E-state index contributed by atoms with van der Waals surface area (Å²) in [6.45, 7) is 0. The third-order valence-electron chi connectivity index (χ3n) is 1.43. The van der Waals surface area contributed by atoms with Crippen LogP contribution in [0.1, 0.15) is 6.42 Å². The van der Waals surface area contributed by atoms with Crippen molar-refractivity contribution in [1.82, 2.24) is 0 Å². The number of hydrogen-bond donors (Lipinski definition) is 6. The zero-order valence-electron chi connectivity index (χ0n) is 6.61. The zero-order valence-corrected chi connectivity index (χ0v) is 6.61. The van der Waals surface area contributed by atoms with Crippen LogP contribution in [0, 0.1) is 0 Å². The third kappa shape index (κ3) is 4.15. The van der Waals surface area contributed by atoms with Crippen LogP contribution >= 0.6 is 0 Å². The van der Waals surface area contributed by atoms with Crippen molar-refractivity contribution in [2.24, 2.45) is 0 Å². The van der Waals surface area contributed by atoms with Gasteiger partial charge in [-0.1, -0.05) is 0 Å². The van der Waals surface area contributed by atoms with E-state index in [1.165, 1.54) is 0 Å². The molecule has 0 aromatic rings. The lowest BCUT2D eigenvalue weighted by atomic mass is 10.1. The van der Waals surface area contributed by atoms with Gasteiger partial charge in [0.1, 0.15) is 12.2 Å². The van der Waals surface area contributed by atoms with Crippen LogP contribution in [0.4, 0.5) is 0 Å². The first-order chi connectivity index (χ1) is 5.86. The number of aliphatic hydroxyl groups excluding tert-OH is 4. The number of aliphatic carboxylic acids is 1. The van der Waals surface area contributed by atoms with Crippen molar-refractivity contribution in [3.63, 3.8) is 0 Å². The fourth-order valence-corrected chi connectivity index (χ4v) is 0.704. The highest BCUT2D eigenvalue weighted by atomic mass is 16.5. The van der Waals surface area contributed by atoms with E-state index in [1.807, 2.05) is 0 Å². The van der Waals surface area contributed by atoms with Crippen LogP contribution in [0.5, 0.6) is 0 Å². The zero-order chi connectivity index (χ0) is 10.6. The van der Waals surface area contributed by atoms with Crippen molar-refractivity contribution in [2.75, 3.05) is 0 Å². The summed E-state index contributed by atoms with van der Waals surface area (Å²) in [4.78, 5) is 10.0.